The van der Waals surface area contributed by atoms with E-state index >= 15 is 0 Å². The summed E-state index contributed by atoms with van der Waals surface area (Å²) < 4.78 is 0. The molecule has 2 aromatic rings. The lowest BCUT2D eigenvalue weighted by molar-refractivity contribution is -0.132. The van der Waals surface area contributed by atoms with Crippen LogP contribution in [-0.4, -0.2) is 41.9 Å². The average molecular weight is 334 g/mol. The van der Waals surface area contributed by atoms with Crippen LogP contribution >= 0.6 is 0 Å². The maximum Gasteiger partial charge on any atom is 0.227 e. The van der Waals surface area contributed by atoms with Gasteiger partial charge in [0, 0.05) is 32.7 Å². The Morgan fingerprint density at radius 2 is 1.60 bits per heavy atom. The first-order chi connectivity index (χ1) is 12.3. The van der Waals surface area contributed by atoms with Crippen molar-refractivity contribution >= 4 is 5.91 Å². The zero-order valence-corrected chi connectivity index (χ0v) is 14.8. The van der Waals surface area contributed by atoms with Crippen molar-refractivity contribution in [1.82, 2.24) is 9.80 Å². The lowest BCUT2D eigenvalue weighted by Gasteiger charge is -2.35. The monoisotopic (exact) mass is 334 g/mol. The minimum Gasteiger partial charge on any atom is -0.340 e. The standard InChI is InChI=1S/C22H26N2O/c25-22(16-19-9-10-20-7-4-8-21(20)15-19)24-13-11-23(12-14-24)17-18-5-2-1-3-6-18/h1-3,5-6,9-10,15H,4,7-8,11-14,16-17H2. The van der Waals surface area contributed by atoms with E-state index < -0.39 is 0 Å². The Morgan fingerprint density at radius 1 is 0.840 bits per heavy atom. The molecular formula is C22H26N2O. The van der Waals surface area contributed by atoms with Crippen LogP contribution in [0.2, 0.25) is 0 Å². The van der Waals surface area contributed by atoms with Crippen molar-refractivity contribution in [2.45, 2.75) is 32.2 Å². The second kappa shape index (κ2) is 7.40. The fourth-order valence-corrected chi connectivity index (χ4v) is 4.02. The molecule has 0 unspecified atom stereocenters. The molecule has 0 N–H and O–H groups in total. The molecule has 1 aliphatic carbocycles. The van der Waals surface area contributed by atoms with Gasteiger partial charge in [-0.3, -0.25) is 9.69 Å². The molecule has 4 rings (SSSR count). The molecule has 0 radical (unpaired) electrons. The number of hydrogen-bond acceptors (Lipinski definition) is 2. The third kappa shape index (κ3) is 3.93. The van der Waals surface area contributed by atoms with Gasteiger partial charge in [-0.15, -0.1) is 0 Å². The number of benzene rings is 2. The summed E-state index contributed by atoms with van der Waals surface area (Å²) in [7, 11) is 0. The van der Waals surface area contributed by atoms with Crippen molar-refractivity contribution < 1.29 is 4.79 Å². The molecule has 1 heterocycles. The molecule has 0 saturated carbocycles. The van der Waals surface area contributed by atoms with Crippen molar-refractivity contribution in [3.63, 3.8) is 0 Å². The van der Waals surface area contributed by atoms with Gasteiger partial charge in [-0.2, -0.15) is 0 Å². The molecule has 1 aliphatic heterocycles. The third-order valence-corrected chi connectivity index (χ3v) is 5.49. The fraction of sp³-hybridized carbons (Fsp3) is 0.409. The van der Waals surface area contributed by atoms with Crippen LogP contribution in [0.5, 0.6) is 0 Å². The van der Waals surface area contributed by atoms with E-state index in [2.05, 4.69) is 53.4 Å². The Morgan fingerprint density at radius 3 is 2.40 bits per heavy atom. The Hall–Kier alpha value is -2.13. The number of rotatable bonds is 4. The summed E-state index contributed by atoms with van der Waals surface area (Å²) in [5, 5.41) is 0. The smallest absolute Gasteiger partial charge is 0.227 e. The van der Waals surface area contributed by atoms with Gasteiger partial charge in [0.1, 0.15) is 0 Å². The first-order valence-corrected chi connectivity index (χ1v) is 9.43. The zero-order chi connectivity index (χ0) is 17.1. The van der Waals surface area contributed by atoms with Gasteiger partial charge in [0.15, 0.2) is 0 Å². The molecule has 3 nitrogen and oxygen atoms in total. The third-order valence-electron chi connectivity index (χ3n) is 5.49. The van der Waals surface area contributed by atoms with E-state index in [4.69, 9.17) is 0 Å². The molecule has 2 aromatic carbocycles. The Bertz CT molecular complexity index is 733. The van der Waals surface area contributed by atoms with Gasteiger partial charge in [0.2, 0.25) is 5.91 Å². The molecule has 1 saturated heterocycles. The Kier molecular flexibility index (Phi) is 4.84. The van der Waals surface area contributed by atoms with Crippen LogP contribution in [0.25, 0.3) is 0 Å². The van der Waals surface area contributed by atoms with Crippen LogP contribution in [0.4, 0.5) is 0 Å². The number of aryl methyl sites for hydroxylation is 2. The van der Waals surface area contributed by atoms with Crippen LogP contribution in [0.3, 0.4) is 0 Å². The number of piperazine rings is 1. The lowest BCUT2D eigenvalue weighted by atomic mass is 10.0. The van der Waals surface area contributed by atoms with Crippen molar-refractivity contribution in [1.29, 1.82) is 0 Å². The molecule has 0 aromatic heterocycles. The van der Waals surface area contributed by atoms with Crippen LogP contribution < -0.4 is 0 Å². The fourth-order valence-electron chi connectivity index (χ4n) is 4.02. The topological polar surface area (TPSA) is 23.6 Å². The lowest BCUT2D eigenvalue weighted by Crippen LogP contribution is -2.48. The molecular weight excluding hydrogens is 308 g/mol. The summed E-state index contributed by atoms with van der Waals surface area (Å²) in [6.45, 7) is 4.59. The molecule has 0 bridgehead atoms. The molecule has 130 valence electrons. The van der Waals surface area contributed by atoms with Gasteiger partial charge in [-0.25, -0.2) is 0 Å². The van der Waals surface area contributed by atoms with Gasteiger partial charge in [0.05, 0.1) is 6.42 Å². The van der Waals surface area contributed by atoms with Crippen molar-refractivity contribution in [2.75, 3.05) is 26.2 Å². The van der Waals surface area contributed by atoms with Gasteiger partial charge in [-0.1, -0.05) is 48.5 Å². The molecule has 1 fully saturated rings. The van der Waals surface area contributed by atoms with Crippen LogP contribution in [0.15, 0.2) is 48.5 Å². The Labute approximate surface area is 150 Å². The summed E-state index contributed by atoms with van der Waals surface area (Å²) in [5.41, 5.74) is 5.46. The second-order valence-electron chi connectivity index (χ2n) is 7.28. The number of hydrogen-bond donors (Lipinski definition) is 0. The maximum absolute atomic E-state index is 12.6. The SMILES string of the molecule is O=C(Cc1ccc2c(c1)CCC2)N1CCN(Cc2ccccc2)CC1. The predicted octanol–water partition coefficient (Wildman–Crippen LogP) is 3.06. The number of amides is 1. The van der Waals surface area contributed by atoms with Gasteiger partial charge >= 0.3 is 0 Å². The summed E-state index contributed by atoms with van der Waals surface area (Å²) >= 11 is 0. The van der Waals surface area contributed by atoms with E-state index in [1.165, 1.54) is 41.5 Å². The molecule has 0 spiro atoms. The van der Waals surface area contributed by atoms with Gasteiger partial charge in [0.25, 0.3) is 0 Å². The highest BCUT2D eigenvalue weighted by Gasteiger charge is 2.21. The number of carbonyl (C=O) groups is 1. The largest absolute Gasteiger partial charge is 0.340 e. The molecule has 3 heteroatoms. The van der Waals surface area contributed by atoms with E-state index in [-0.39, 0.29) is 5.91 Å². The zero-order valence-electron chi connectivity index (χ0n) is 14.8. The summed E-state index contributed by atoms with van der Waals surface area (Å²) in [5.74, 6) is 0.275. The first-order valence-electron chi connectivity index (χ1n) is 9.43. The molecule has 2 aliphatic rings. The average Bonchev–Trinajstić information content (AvgIpc) is 3.11. The van der Waals surface area contributed by atoms with Crippen molar-refractivity contribution in [3.05, 3.63) is 70.8 Å². The molecule has 25 heavy (non-hydrogen) atoms. The predicted molar refractivity (Wildman–Crippen MR) is 100 cm³/mol. The quantitative estimate of drug-likeness (QED) is 0.858. The summed E-state index contributed by atoms with van der Waals surface area (Å²) in [4.78, 5) is 17.1. The van der Waals surface area contributed by atoms with Gasteiger partial charge < -0.3 is 4.90 Å². The first kappa shape index (κ1) is 16.3. The van der Waals surface area contributed by atoms with E-state index in [1.54, 1.807) is 0 Å². The highest BCUT2D eigenvalue weighted by molar-refractivity contribution is 5.79. The normalized spacial score (nSPS) is 17.5. The van der Waals surface area contributed by atoms with E-state index in [0.717, 1.165) is 32.7 Å². The molecule has 1 amide bonds. The number of nitrogens with zero attached hydrogens (tertiary/aromatic N) is 2. The van der Waals surface area contributed by atoms with Crippen LogP contribution in [0, 0.1) is 0 Å². The minimum atomic E-state index is 0.275. The maximum atomic E-state index is 12.6. The number of fused-ring (bicyclic) bond motifs is 1. The Balaban J connectivity index is 1.29. The summed E-state index contributed by atoms with van der Waals surface area (Å²) in [6, 6.07) is 17.2. The highest BCUT2D eigenvalue weighted by Crippen LogP contribution is 2.23. The van der Waals surface area contributed by atoms with E-state index in [1.807, 2.05) is 4.90 Å². The van der Waals surface area contributed by atoms with Crippen molar-refractivity contribution in [3.8, 4) is 0 Å². The summed E-state index contributed by atoms with van der Waals surface area (Å²) in [6.07, 6.45) is 4.19. The molecule has 0 atom stereocenters. The van der Waals surface area contributed by atoms with E-state index in [0.29, 0.717) is 6.42 Å². The van der Waals surface area contributed by atoms with Crippen LogP contribution in [0.1, 0.15) is 28.7 Å². The van der Waals surface area contributed by atoms with Crippen LogP contribution in [-0.2, 0) is 30.6 Å². The van der Waals surface area contributed by atoms with Crippen molar-refractivity contribution in [2.24, 2.45) is 0 Å². The number of carbonyl (C=O) groups excluding carboxylic acids is 1. The minimum absolute atomic E-state index is 0.275. The van der Waals surface area contributed by atoms with E-state index in [9.17, 15) is 4.79 Å². The van der Waals surface area contributed by atoms with Gasteiger partial charge in [-0.05, 0) is 41.5 Å². The second-order valence-corrected chi connectivity index (χ2v) is 7.28. The highest BCUT2D eigenvalue weighted by atomic mass is 16.2.